The Morgan fingerprint density at radius 1 is 1.11 bits per heavy atom. The lowest BCUT2D eigenvalue weighted by molar-refractivity contribution is -0.118. The number of carbonyl (C=O) groups is 2. The van der Waals surface area contributed by atoms with E-state index in [4.69, 9.17) is 0 Å². The van der Waals surface area contributed by atoms with E-state index in [0.717, 1.165) is 57.9 Å². The SMILES string of the molecule is CCN(CC)c1ccc(C2C(C(=O)Nc3nc4ccccc4s3)=C(C)NC3=C2C(=O)CC(C)(C)C3)cc1. The van der Waals surface area contributed by atoms with Crippen molar-refractivity contribution < 1.29 is 9.59 Å². The molecule has 6 nitrogen and oxygen atoms in total. The van der Waals surface area contributed by atoms with Gasteiger partial charge in [0.2, 0.25) is 0 Å². The third-order valence-corrected chi connectivity index (χ3v) is 8.31. The summed E-state index contributed by atoms with van der Waals surface area (Å²) in [4.78, 5) is 34.3. The van der Waals surface area contributed by atoms with Gasteiger partial charge in [0.25, 0.3) is 5.91 Å². The van der Waals surface area contributed by atoms with E-state index in [2.05, 4.69) is 72.5 Å². The van der Waals surface area contributed by atoms with Crippen LogP contribution >= 0.6 is 11.3 Å². The number of para-hydroxylation sites is 1. The Labute approximate surface area is 222 Å². The van der Waals surface area contributed by atoms with Gasteiger partial charge in [-0.2, -0.15) is 0 Å². The molecule has 0 saturated heterocycles. The van der Waals surface area contributed by atoms with E-state index in [9.17, 15) is 9.59 Å². The van der Waals surface area contributed by atoms with Gasteiger partial charge >= 0.3 is 0 Å². The van der Waals surface area contributed by atoms with E-state index in [1.54, 1.807) is 0 Å². The summed E-state index contributed by atoms with van der Waals surface area (Å²) >= 11 is 1.45. The fraction of sp³-hybridized carbons (Fsp3) is 0.367. The maximum atomic E-state index is 13.8. The zero-order valence-electron chi connectivity index (χ0n) is 22.1. The standard InChI is InChI=1S/C30H34N4O2S/c1-6-34(7-2)20-14-12-19(13-15-20)26-25(18(3)31-22-16-30(4,5)17-23(35)27(22)26)28(36)33-29-32-21-10-8-9-11-24(21)37-29/h8-15,26,31H,6-7,16-17H2,1-5H3,(H,32,33,36). The average molecular weight is 515 g/mol. The number of aromatic nitrogens is 1. The number of fused-ring (bicyclic) bond motifs is 1. The molecule has 1 unspecified atom stereocenters. The Morgan fingerprint density at radius 2 is 1.81 bits per heavy atom. The number of nitrogens with one attached hydrogen (secondary N) is 2. The summed E-state index contributed by atoms with van der Waals surface area (Å²) in [5.41, 5.74) is 5.82. The maximum Gasteiger partial charge on any atom is 0.256 e. The fourth-order valence-corrected chi connectivity index (χ4v) is 6.49. The molecule has 7 heteroatoms. The van der Waals surface area contributed by atoms with Gasteiger partial charge in [0, 0.05) is 53.7 Å². The molecule has 0 saturated carbocycles. The minimum atomic E-state index is -0.431. The summed E-state index contributed by atoms with van der Waals surface area (Å²) < 4.78 is 1.02. The number of hydrogen-bond donors (Lipinski definition) is 2. The van der Waals surface area contributed by atoms with Crippen LogP contribution in [0.5, 0.6) is 0 Å². The second kappa shape index (κ2) is 9.78. The molecule has 1 amide bonds. The molecule has 1 atom stereocenters. The van der Waals surface area contributed by atoms with Crippen LogP contribution in [0.1, 0.15) is 58.9 Å². The molecule has 37 heavy (non-hydrogen) atoms. The molecular formula is C30H34N4O2S. The van der Waals surface area contributed by atoms with Crippen molar-refractivity contribution in [3.8, 4) is 0 Å². The molecule has 5 rings (SSSR count). The van der Waals surface area contributed by atoms with E-state index in [-0.39, 0.29) is 17.1 Å². The lowest BCUT2D eigenvalue weighted by Gasteiger charge is -2.39. The van der Waals surface area contributed by atoms with Crippen LogP contribution in [0.3, 0.4) is 0 Å². The summed E-state index contributed by atoms with van der Waals surface area (Å²) in [5, 5.41) is 7.04. The Hall–Kier alpha value is -3.45. The number of thiazole rings is 1. The molecule has 2 N–H and O–H groups in total. The van der Waals surface area contributed by atoms with Crippen molar-refractivity contribution in [1.29, 1.82) is 0 Å². The van der Waals surface area contributed by atoms with Crippen molar-refractivity contribution in [3.63, 3.8) is 0 Å². The van der Waals surface area contributed by atoms with Gasteiger partial charge in [0.05, 0.1) is 10.2 Å². The van der Waals surface area contributed by atoms with E-state index < -0.39 is 5.92 Å². The third-order valence-electron chi connectivity index (χ3n) is 7.35. The van der Waals surface area contributed by atoms with Crippen molar-refractivity contribution in [2.24, 2.45) is 5.41 Å². The molecular weight excluding hydrogens is 480 g/mol. The number of benzene rings is 2. The second-order valence-electron chi connectivity index (χ2n) is 10.6. The van der Waals surface area contributed by atoms with Crippen molar-refractivity contribution in [1.82, 2.24) is 10.3 Å². The van der Waals surface area contributed by atoms with Gasteiger partial charge < -0.3 is 10.2 Å². The topological polar surface area (TPSA) is 74.3 Å². The summed E-state index contributed by atoms with van der Waals surface area (Å²) in [6.45, 7) is 12.3. The van der Waals surface area contributed by atoms with Crippen LogP contribution in [0.2, 0.25) is 0 Å². The smallest absolute Gasteiger partial charge is 0.256 e. The Balaban J connectivity index is 1.56. The highest BCUT2D eigenvalue weighted by Crippen LogP contribution is 2.47. The first-order valence-corrected chi connectivity index (χ1v) is 13.8. The lowest BCUT2D eigenvalue weighted by Crippen LogP contribution is -2.39. The van der Waals surface area contributed by atoms with Crippen molar-refractivity contribution in [3.05, 3.63) is 76.6 Å². The first-order valence-electron chi connectivity index (χ1n) is 13.0. The number of hydrogen-bond acceptors (Lipinski definition) is 6. The molecule has 1 aliphatic heterocycles. The second-order valence-corrected chi connectivity index (χ2v) is 11.7. The van der Waals surface area contributed by atoms with Crippen LogP contribution in [-0.2, 0) is 9.59 Å². The van der Waals surface area contributed by atoms with Gasteiger partial charge in [-0.15, -0.1) is 0 Å². The van der Waals surface area contributed by atoms with E-state index >= 15 is 0 Å². The number of dihydropyridines is 1. The first-order chi connectivity index (χ1) is 17.7. The number of anilines is 2. The monoisotopic (exact) mass is 514 g/mol. The quantitative estimate of drug-likeness (QED) is 0.399. The summed E-state index contributed by atoms with van der Waals surface area (Å²) in [6, 6.07) is 16.2. The predicted octanol–water partition coefficient (Wildman–Crippen LogP) is 6.39. The largest absolute Gasteiger partial charge is 0.372 e. The minimum Gasteiger partial charge on any atom is -0.372 e. The predicted molar refractivity (Wildman–Crippen MR) is 152 cm³/mol. The molecule has 0 fully saturated rings. The number of amides is 1. The van der Waals surface area contributed by atoms with E-state index in [1.807, 2.05) is 31.2 Å². The molecule has 0 radical (unpaired) electrons. The third kappa shape index (κ3) is 4.80. The highest BCUT2D eigenvalue weighted by Gasteiger charge is 2.42. The molecule has 3 aromatic rings. The first kappa shape index (κ1) is 25.2. The molecule has 0 bridgehead atoms. The van der Waals surface area contributed by atoms with Crippen molar-refractivity contribution >= 4 is 44.1 Å². The van der Waals surface area contributed by atoms with Crippen molar-refractivity contribution in [2.45, 2.75) is 53.4 Å². The van der Waals surface area contributed by atoms with Crippen molar-refractivity contribution in [2.75, 3.05) is 23.3 Å². The molecule has 1 aromatic heterocycles. The van der Waals surface area contributed by atoms with Crippen LogP contribution in [0.25, 0.3) is 10.2 Å². The fourth-order valence-electron chi connectivity index (χ4n) is 5.63. The molecule has 2 aromatic carbocycles. The van der Waals surface area contributed by atoms with Crippen LogP contribution in [0.15, 0.2) is 71.1 Å². The van der Waals surface area contributed by atoms with Crippen LogP contribution in [0, 0.1) is 5.41 Å². The van der Waals surface area contributed by atoms with Crippen LogP contribution < -0.4 is 15.5 Å². The number of allylic oxidation sites excluding steroid dienone is 3. The summed E-state index contributed by atoms with van der Waals surface area (Å²) in [5.74, 6) is -0.555. The van der Waals surface area contributed by atoms with Gasteiger partial charge in [-0.3, -0.25) is 14.9 Å². The highest BCUT2D eigenvalue weighted by molar-refractivity contribution is 7.22. The van der Waals surface area contributed by atoms with Crippen LogP contribution in [0.4, 0.5) is 10.8 Å². The normalized spacial score (nSPS) is 19.1. The van der Waals surface area contributed by atoms with Gasteiger partial charge in [0.1, 0.15) is 0 Å². The zero-order valence-corrected chi connectivity index (χ0v) is 23.0. The molecule has 2 heterocycles. The molecule has 0 spiro atoms. The number of rotatable bonds is 6. The summed E-state index contributed by atoms with van der Waals surface area (Å²) in [7, 11) is 0. The number of nitrogens with zero attached hydrogens (tertiary/aromatic N) is 2. The summed E-state index contributed by atoms with van der Waals surface area (Å²) in [6.07, 6.45) is 1.24. The Kier molecular flexibility index (Phi) is 6.67. The zero-order chi connectivity index (χ0) is 26.3. The van der Waals surface area contributed by atoms with Gasteiger partial charge in [-0.25, -0.2) is 4.98 Å². The number of Topliss-reactive ketones (excluding diaryl/α,β-unsaturated/α-hetero) is 1. The van der Waals surface area contributed by atoms with Gasteiger partial charge in [-0.1, -0.05) is 49.4 Å². The molecule has 2 aliphatic rings. The highest BCUT2D eigenvalue weighted by atomic mass is 32.1. The lowest BCUT2D eigenvalue weighted by atomic mass is 9.68. The number of ketones is 1. The number of carbonyl (C=O) groups excluding carboxylic acids is 2. The Morgan fingerprint density at radius 3 is 2.49 bits per heavy atom. The molecule has 192 valence electrons. The maximum absolute atomic E-state index is 13.8. The average Bonchev–Trinajstić information content (AvgIpc) is 3.25. The van der Waals surface area contributed by atoms with Crippen LogP contribution in [-0.4, -0.2) is 29.8 Å². The van der Waals surface area contributed by atoms with Gasteiger partial charge in [0.15, 0.2) is 10.9 Å². The van der Waals surface area contributed by atoms with Gasteiger partial charge in [-0.05, 0) is 62.4 Å². The molecule has 1 aliphatic carbocycles. The van der Waals surface area contributed by atoms with E-state index in [1.165, 1.54) is 11.3 Å². The minimum absolute atomic E-state index is 0.106. The Bertz CT molecular complexity index is 1390. The van der Waals surface area contributed by atoms with E-state index in [0.29, 0.717) is 17.1 Å².